The van der Waals surface area contributed by atoms with E-state index in [1.165, 1.54) is 11.8 Å². The Balaban J connectivity index is 1.65. The number of fused-ring (bicyclic) bond motifs is 1. The van der Waals surface area contributed by atoms with E-state index in [2.05, 4.69) is 10.3 Å². The van der Waals surface area contributed by atoms with Crippen molar-refractivity contribution in [2.45, 2.75) is 6.92 Å². The van der Waals surface area contributed by atoms with Gasteiger partial charge in [-0.25, -0.2) is 9.79 Å². The van der Waals surface area contributed by atoms with Crippen molar-refractivity contribution >= 4 is 45.6 Å². The molecule has 136 valence electrons. The quantitative estimate of drug-likeness (QED) is 0.697. The van der Waals surface area contributed by atoms with Crippen molar-refractivity contribution in [3.63, 3.8) is 0 Å². The van der Waals surface area contributed by atoms with Crippen molar-refractivity contribution in [2.24, 2.45) is 19.1 Å². The Morgan fingerprint density at radius 1 is 1.00 bits per heavy atom. The molecule has 2 aromatic carbocycles. The minimum atomic E-state index is -0.173. The first kappa shape index (κ1) is 17.4. The number of aliphatic imine (C=N–C) groups is 1. The van der Waals surface area contributed by atoms with E-state index < -0.39 is 0 Å². The van der Waals surface area contributed by atoms with Crippen LogP contribution in [0.15, 0.2) is 57.2 Å². The molecule has 0 radical (unpaired) electrons. The summed E-state index contributed by atoms with van der Waals surface area (Å²) in [7, 11) is 3.49. The maximum absolute atomic E-state index is 12.3. The molecule has 1 N–H and O–H groups in total. The number of aromatic nitrogens is 2. The van der Waals surface area contributed by atoms with Crippen LogP contribution in [0.5, 0.6) is 0 Å². The molecule has 0 bridgehead atoms. The predicted molar refractivity (Wildman–Crippen MR) is 110 cm³/mol. The summed E-state index contributed by atoms with van der Waals surface area (Å²) in [5, 5.41) is 3.35. The van der Waals surface area contributed by atoms with Crippen LogP contribution in [0.4, 0.5) is 5.69 Å². The first-order chi connectivity index (χ1) is 12.9. The monoisotopic (exact) mass is 378 g/mol. The van der Waals surface area contributed by atoms with E-state index in [0.29, 0.717) is 10.1 Å². The first-order valence-electron chi connectivity index (χ1n) is 8.44. The molecule has 0 unspecified atom stereocenters. The number of amides is 1. The highest BCUT2D eigenvalue weighted by Gasteiger charge is 2.24. The van der Waals surface area contributed by atoms with E-state index in [1.54, 1.807) is 23.2 Å². The van der Waals surface area contributed by atoms with Gasteiger partial charge in [-0.1, -0.05) is 23.8 Å². The molecule has 0 atom stereocenters. The fraction of sp³-hybridized carbons (Fsp3) is 0.150. The Bertz CT molecular complexity index is 1180. The molecule has 1 saturated heterocycles. The molecular weight excluding hydrogens is 360 g/mol. The van der Waals surface area contributed by atoms with Crippen LogP contribution in [0.25, 0.3) is 17.1 Å². The standard InChI is InChI=1S/C20H18N4O2S/c1-12-4-7-14(8-5-12)21-19-22-18(25)17(27-19)11-13-6-9-15-16(10-13)24(3)20(26)23(15)2/h4-11H,1-3H3,(H,21,22,25). The summed E-state index contributed by atoms with van der Waals surface area (Å²) >= 11 is 1.31. The van der Waals surface area contributed by atoms with Crippen LogP contribution in [-0.4, -0.2) is 20.2 Å². The van der Waals surface area contributed by atoms with E-state index >= 15 is 0 Å². The molecule has 4 rings (SSSR count). The van der Waals surface area contributed by atoms with Gasteiger partial charge in [-0.15, -0.1) is 0 Å². The van der Waals surface area contributed by atoms with Crippen molar-refractivity contribution in [2.75, 3.05) is 0 Å². The third kappa shape index (κ3) is 3.21. The second-order valence-corrected chi connectivity index (χ2v) is 7.50. The molecule has 1 aromatic heterocycles. The second-order valence-electron chi connectivity index (χ2n) is 6.47. The number of hydrogen-bond donors (Lipinski definition) is 1. The molecular formula is C20H18N4O2S. The summed E-state index contributed by atoms with van der Waals surface area (Å²) in [5.74, 6) is -0.173. The largest absolute Gasteiger partial charge is 0.328 e. The summed E-state index contributed by atoms with van der Waals surface area (Å²) in [6.07, 6.45) is 1.81. The van der Waals surface area contributed by atoms with Gasteiger partial charge in [0.05, 0.1) is 21.6 Å². The molecule has 2 heterocycles. The number of nitrogens with zero attached hydrogens (tertiary/aromatic N) is 3. The second kappa shape index (κ2) is 6.59. The van der Waals surface area contributed by atoms with Gasteiger partial charge in [0, 0.05) is 14.1 Å². The van der Waals surface area contributed by atoms with Crippen molar-refractivity contribution < 1.29 is 4.79 Å². The van der Waals surface area contributed by atoms with Gasteiger partial charge in [0.2, 0.25) is 0 Å². The molecule has 27 heavy (non-hydrogen) atoms. The van der Waals surface area contributed by atoms with Crippen LogP contribution in [0.1, 0.15) is 11.1 Å². The number of aryl methyl sites for hydroxylation is 3. The Kier molecular flexibility index (Phi) is 4.24. The summed E-state index contributed by atoms with van der Waals surface area (Å²) in [5.41, 5.74) is 4.43. The third-order valence-corrected chi connectivity index (χ3v) is 5.42. The predicted octanol–water partition coefficient (Wildman–Crippen LogP) is 3.08. The number of rotatable bonds is 2. The van der Waals surface area contributed by atoms with E-state index in [-0.39, 0.29) is 11.6 Å². The van der Waals surface area contributed by atoms with Crippen molar-refractivity contribution in [1.29, 1.82) is 0 Å². The average molecular weight is 378 g/mol. The van der Waals surface area contributed by atoms with Crippen LogP contribution in [-0.2, 0) is 18.9 Å². The number of thioether (sulfide) groups is 1. The minimum Gasteiger partial charge on any atom is -0.300 e. The maximum Gasteiger partial charge on any atom is 0.328 e. The third-order valence-electron chi connectivity index (χ3n) is 4.51. The Hall–Kier alpha value is -3.06. The Morgan fingerprint density at radius 3 is 2.44 bits per heavy atom. The molecule has 1 amide bonds. The number of amidine groups is 1. The summed E-state index contributed by atoms with van der Waals surface area (Å²) < 4.78 is 3.21. The number of carbonyl (C=O) groups excluding carboxylic acids is 1. The summed E-state index contributed by atoms with van der Waals surface area (Å²) in [6, 6.07) is 13.5. The van der Waals surface area contributed by atoms with Gasteiger partial charge in [-0.05, 0) is 54.6 Å². The van der Waals surface area contributed by atoms with Crippen LogP contribution in [0, 0.1) is 6.92 Å². The lowest BCUT2D eigenvalue weighted by molar-refractivity contribution is -0.115. The number of imidazole rings is 1. The molecule has 1 aliphatic rings. The van der Waals surface area contributed by atoms with Gasteiger partial charge < -0.3 is 5.32 Å². The normalized spacial score (nSPS) is 17.2. The summed E-state index contributed by atoms with van der Waals surface area (Å²) in [4.78, 5) is 29.4. The number of nitrogens with one attached hydrogen (secondary N) is 1. The van der Waals surface area contributed by atoms with Crippen LogP contribution < -0.4 is 11.0 Å². The van der Waals surface area contributed by atoms with Crippen molar-refractivity contribution in [3.05, 3.63) is 69.0 Å². The van der Waals surface area contributed by atoms with Crippen LogP contribution in [0.3, 0.4) is 0 Å². The van der Waals surface area contributed by atoms with Crippen molar-refractivity contribution in [1.82, 2.24) is 14.5 Å². The number of hydrogen-bond acceptors (Lipinski definition) is 4. The van der Waals surface area contributed by atoms with E-state index in [0.717, 1.165) is 27.8 Å². The smallest absolute Gasteiger partial charge is 0.300 e. The van der Waals surface area contributed by atoms with E-state index in [9.17, 15) is 9.59 Å². The highest BCUT2D eigenvalue weighted by atomic mass is 32.2. The lowest BCUT2D eigenvalue weighted by Crippen LogP contribution is -2.19. The van der Waals surface area contributed by atoms with Crippen molar-refractivity contribution in [3.8, 4) is 0 Å². The summed E-state index contributed by atoms with van der Waals surface area (Å²) in [6.45, 7) is 2.02. The lowest BCUT2D eigenvalue weighted by atomic mass is 10.2. The van der Waals surface area contributed by atoms with Gasteiger partial charge in [-0.2, -0.15) is 0 Å². The number of benzene rings is 2. The highest BCUT2D eigenvalue weighted by molar-refractivity contribution is 8.18. The van der Waals surface area contributed by atoms with Gasteiger partial charge in [0.1, 0.15) is 0 Å². The van der Waals surface area contributed by atoms with Gasteiger partial charge in [-0.3, -0.25) is 13.9 Å². The molecule has 7 heteroatoms. The molecule has 6 nitrogen and oxygen atoms in total. The molecule has 1 fully saturated rings. The molecule has 0 saturated carbocycles. The first-order valence-corrected chi connectivity index (χ1v) is 9.26. The zero-order chi connectivity index (χ0) is 19.1. The van der Waals surface area contributed by atoms with E-state index in [4.69, 9.17) is 0 Å². The molecule has 3 aromatic rings. The zero-order valence-corrected chi connectivity index (χ0v) is 16.0. The molecule has 1 aliphatic heterocycles. The fourth-order valence-electron chi connectivity index (χ4n) is 2.98. The topological polar surface area (TPSA) is 68.4 Å². The number of carbonyl (C=O) groups is 1. The van der Waals surface area contributed by atoms with Gasteiger partial charge in [0.15, 0.2) is 5.17 Å². The maximum atomic E-state index is 12.3. The van der Waals surface area contributed by atoms with Crippen LogP contribution >= 0.6 is 11.8 Å². The average Bonchev–Trinajstić information content (AvgIpc) is 3.10. The Labute approximate surface area is 160 Å². The Morgan fingerprint density at radius 2 is 1.70 bits per heavy atom. The molecule has 0 spiro atoms. The van der Waals surface area contributed by atoms with E-state index in [1.807, 2.05) is 55.5 Å². The fourth-order valence-corrected chi connectivity index (χ4v) is 3.82. The van der Waals surface area contributed by atoms with Crippen LogP contribution in [0.2, 0.25) is 0 Å². The van der Waals surface area contributed by atoms with Gasteiger partial charge >= 0.3 is 5.69 Å². The minimum absolute atomic E-state index is 0.0738. The SMILES string of the molecule is Cc1ccc(N=C2NC(=O)C(=Cc3ccc4c(c3)n(C)c(=O)n4C)S2)cc1. The zero-order valence-electron chi connectivity index (χ0n) is 15.2. The lowest BCUT2D eigenvalue weighted by Gasteiger charge is -1.99. The molecule has 0 aliphatic carbocycles. The van der Waals surface area contributed by atoms with Gasteiger partial charge in [0.25, 0.3) is 5.91 Å². The highest BCUT2D eigenvalue weighted by Crippen LogP contribution is 2.28.